The average Bonchev–Trinajstić information content (AvgIpc) is 2.80. The lowest BCUT2D eigenvalue weighted by Crippen LogP contribution is -2.40. The number of H-pyrrole nitrogens is 1. The first-order chi connectivity index (χ1) is 7.56. The van der Waals surface area contributed by atoms with E-state index in [0.717, 1.165) is 0 Å². The van der Waals surface area contributed by atoms with Crippen molar-refractivity contribution in [3.05, 3.63) is 18.2 Å². The van der Waals surface area contributed by atoms with Gasteiger partial charge >= 0.3 is 0 Å². The molecule has 0 aromatic carbocycles. The van der Waals surface area contributed by atoms with Crippen LogP contribution in [0.2, 0.25) is 0 Å². The summed E-state index contributed by atoms with van der Waals surface area (Å²) in [5.41, 5.74) is 0.143. The van der Waals surface area contributed by atoms with Crippen LogP contribution in [-0.2, 0) is 0 Å². The van der Waals surface area contributed by atoms with Crippen molar-refractivity contribution in [3.63, 3.8) is 0 Å². The van der Waals surface area contributed by atoms with Crippen molar-refractivity contribution in [3.8, 4) is 0 Å². The summed E-state index contributed by atoms with van der Waals surface area (Å²) in [4.78, 5) is 17.7. The normalized spacial score (nSPS) is 16.8. The lowest BCUT2D eigenvalue weighted by atomic mass is 10.0. The number of carbonyl (C=O) groups excluding carboxylic acids is 1. The number of aromatic amines is 1. The second-order valence-corrected chi connectivity index (χ2v) is 3.39. The number of ketones is 1. The van der Waals surface area contributed by atoms with Crippen LogP contribution in [0.15, 0.2) is 12.5 Å². The Morgan fingerprint density at radius 3 is 2.56 bits per heavy atom. The van der Waals surface area contributed by atoms with Crippen molar-refractivity contribution in [2.24, 2.45) is 0 Å². The first kappa shape index (κ1) is 12.8. The third-order valence-electron chi connectivity index (χ3n) is 2.15. The number of Topliss-reactive ketones (excluding diaryl/α,β-unsaturated/α-hetero) is 1. The van der Waals surface area contributed by atoms with E-state index < -0.39 is 30.7 Å². The van der Waals surface area contributed by atoms with E-state index in [1.807, 2.05) is 0 Å². The number of nitrogens with zero attached hydrogens (tertiary/aromatic N) is 1. The highest BCUT2D eigenvalue weighted by Crippen LogP contribution is 2.08. The van der Waals surface area contributed by atoms with Gasteiger partial charge in [0.1, 0.15) is 17.9 Å². The monoisotopic (exact) mass is 230 g/mol. The molecule has 1 rings (SSSR count). The number of hydrogen-bond acceptors (Lipinski definition) is 6. The molecule has 5 N–H and O–H groups in total. The van der Waals surface area contributed by atoms with E-state index >= 15 is 0 Å². The fraction of sp³-hybridized carbons (Fsp3) is 0.556. The molecule has 0 fully saturated rings. The number of aromatic nitrogens is 2. The van der Waals surface area contributed by atoms with E-state index in [1.165, 1.54) is 12.5 Å². The molecule has 90 valence electrons. The lowest BCUT2D eigenvalue weighted by Gasteiger charge is -2.20. The maximum absolute atomic E-state index is 11.4. The van der Waals surface area contributed by atoms with Gasteiger partial charge in [0.15, 0.2) is 5.78 Å². The summed E-state index contributed by atoms with van der Waals surface area (Å²) < 4.78 is 0. The standard InChI is InChI=1S/C9H14N2O5/c12-3-8(15)9(16)7(14)1-6(13)5-2-10-4-11-5/h2,4,7-9,12,14-16H,1,3H2,(H,10,11)/t7-,8-,9+/m1/s1. The average molecular weight is 230 g/mol. The highest BCUT2D eigenvalue weighted by molar-refractivity contribution is 5.94. The molecule has 0 aliphatic rings. The zero-order valence-electron chi connectivity index (χ0n) is 8.45. The Morgan fingerprint density at radius 2 is 2.06 bits per heavy atom. The molecular formula is C9H14N2O5. The molecule has 1 aromatic rings. The number of carbonyl (C=O) groups is 1. The van der Waals surface area contributed by atoms with Gasteiger partial charge in [0.2, 0.25) is 0 Å². The van der Waals surface area contributed by atoms with Gasteiger partial charge in [-0.25, -0.2) is 4.98 Å². The van der Waals surface area contributed by atoms with E-state index in [4.69, 9.17) is 10.2 Å². The van der Waals surface area contributed by atoms with Gasteiger partial charge in [-0.05, 0) is 0 Å². The highest BCUT2D eigenvalue weighted by Gasteiger charge is 2.26. The quantitative estimate of drug-likeness (QED) is 0.362. The Morgan fingerprint density at radius 1 is 1.38 bits per heavy atom. The van der Waals surface area contributed by atoms with Crippen molar-refractivity contribution >= 4 is 5.78 Å². The fourth-order valence-electron chi connectivity index (χ4n) is 1.19. The van der Waals surface area contributed by atoms with Crippen molar-refractivity contribution in [2.45, 2.75) is 24.7 Å². The second-order valence-electron chi connectivity index (χ2n) is 3.39. The molecule has 1 heterocycles. The Kier molecular flexibility index (Phi) is 4.56. The molecule has 0 bridgehead atoms. The summed E-state index contributed by atoms with van der Waals surface area (Å²) in [6.45, 7) is -0.686. The molecule has 0 aliphatic carbocycles. The largest absolute Gasteiger partial charge is 0.394 e. The van der Waals surface area contributed by atoms with Gasteiger partial charge in [0, 0.05) is 12.6 Å². The topological polar surface area (TPSA) is 127 Å². The maximum Gasteiger partial charge on any atom is 0.185 e. The molecular weight excluding hydrogens is 216 g/mol. The van der Waals surface area contributed by atoms with Crippen LogP contribution in [0, 0.1) is 0 Å². The summed E-state index contributed by atoms with van der Waals surface area (Å²) >= 11 is 0. The van der Waals surface area contributed by atoms with Crippen molar-refractivity contribution in [1.82, 2.24) is 9.97 Å². The summed E-state index contributed by atoms with van der Waals surface area (Å²) in [6, 6.07) is 0. The number of nitrogens with one attached hydrogen (secondary N) is 1. The third-order valence-corrected chi connectivity index (χ3v) is 2.15. The molecule has 0 aliphatic heterocycles. The summed E-state index contributed by atoms with van der Waals surface area (Å²) in [6.07, 6.45) is -2.16. The molecule has 3 atom stereocenters. The molecule has 1 aromatic heterocycles. The molecule has 0 radical (unpaired) electrons. The molecule has 0 spiro atoms. The van der Waals surface area contributed by atoms with Crippen molar-refractivity contribution < 1.29 is 25.2 Å². The molecule has 7 heteroatoms. The van der Waals surface area contributed by atoms with Gasteiger partial charge in [0.25, 0.3) is 0 Å². The SMILES string of the molecule is O=C(C[C@@H](O)[C@H](O)[C@H](O)CO)c1c[nH]cn1. The fourth-order valence-corrected chi connectivity index (χ4v) is 1.19. The zero-order valence-corrected chi connectivity index (χ0v) is 8.45. The second kappa shape index (κ2) is 5.71. The maximum atomic E-state index is 11.4. The molecule has 0 amide bonds. The Bertz CT molecular complexity index is 327. The predicted molar refractivity (Wildman–Crippen MR) is 52.6 cm³/mol. The van der Waals surface area contributed by atoms with Crippen LogP contribution in [0.5, 0.6) is 0 Å². The van der Waals surface area contributed by atoms with Gasteiger partial charge in [-0.2, -0.15) is 0 Å². The Labute approximate surface area is 91.4 Å². The Balaban J connectivity index is 2.51. The smallest absolute Gasteiger partial charge is 0.185 e. The van der Waals surface area contributed by atoms with E-state index in [9.17, 15) is 15.0 Å². The van der Waals surface area contributed by atoms with E-state index in [1.54, 1.807) is 0 Å². The van der Waals surface area contributed by atoms with Crippen molar-refractivity contribution in [2.75, 3.05) is 6.61 Å². The van der Waals surface area contributed by atoms with E-state index in [-0.39, 0.29) is 12.1 Å². The first-order valence-electron chi connectivity index (χ1n) is 4.73. The number of hydrogen-bond donors (Lipinski definition) is 5. The third kappa shape index (κ3) is 3.11. The summed E-state index contributed by atoms with van der Waals surface area (Å²) in [7, 11) is 0. The predicted octanol–water partition coefficient (Wildman–Crippen LogP) is -1.94. The first-order valence-corrected chi connectivity index (χ1v) is 4.73. The van der Waals surface area contributed by atoms with Crippen LogP contribution in [0.1, 0.15) is 16.9 Å². The van der Waals surface area contributed by atoms with Gasteiger partial charge in [0.05, 0.1) is 19.0 Å². The minimum Gasteiger partial charge on any atom is -0.394 e. The van der Waals surface area contributed by atoms with Crippen molar-refractivity contribution in [1.29, 1.82) is 0 Å². The molecule has 7 nitrogen and oxygen atoms in total. The molecule has 0 unspecified atom stereocenters. The number of imidazole rings is 1. The minimum absolute atomic E-state index is 0.143. The van der Waals surface area contributed by atoms with Gasteiger partial charge in [-0.3, -0.25) is 4.79 Å². The summed E-state index contributed by atoms with van der Waals surface area (Å²) in [5, 5.41) is 36.3. The van der Waals surface area contributed by atoms with Crippen LogP contribution in [0.3, 0.4) is 0 Å². The number of aliphatic hydroxyl groups excluding tert-OH is 4. The molecule has 0 saturated heterocycles. The van der Waals surface area contributed by atoms with Gasteiger partial charge in [-0.15, -0.1) is 0 Å². The van der Waals surface area contributed by atoms with Crippen LogP contribution < -0.4 is 0 Å². The number of aliphatic hydroxyl groups is 4. The van der Waals surface area contributed by atoms with Crippen LogP contribution >= 0.6 is 0 Å². The number of rotatable bonds is 6. The Hall–Kier alpha value is -1.28. The van der Waals surface area contributed by atoms with Crippen LogP contribution in [-0.4, -0.2) is 61.1 Å². The van der Waals surface area contributed by atoms with E-state index in [2.05, 4.69) is 9.97 Å². The molecule has 16 heavy (non-hydrogen) atoms. The minimum atomic E-state index is -1.56. The zero-order chi connectivity index (χ0) is 12.1. The van der Waals surface area contributed by atoms with Gasteiger partial charge in [-0.1, -0.05) is 0 Å². The van der Waals surface area contributed by atoms with E-state index in [0.29, 0.717) is 0 Å². The summed E-state index contributed by atoms with van der Waals surface area (Å²) in [5.74, 6) is -0.460. The van der Waals surface area contributed by atoms with Gasteiger partial charge < -0.3 is 25.4 Å². The highest BCUT2D eigenvalue weighted by atomic mass is 16.4. The van der Waals surface area contributed by atoms with Crippen LogP contribution in [0.4, 0.5) is 0 Å². The lowest BCUT2D eigenvalue weighted by molar-refractivity contribution is -0.0754. The molecule has 0 saturated carbocycles. The van der Waals surface area contributed by atoms with Crippen LogP contribution in [0.25, 0.3) is 0 Å².